The molecule has 0 aromatic rings. The summed E-state index contributed by atoms with van der Waals surface area (Å²) >= 11 is 0. The van der Waals surface area contributed by atoms with E-state index < -0.39 is 17.4 Å². The zero-order chi connectivity index (χ0) is 13.4. The second-order valence-electron chi connectivity index (χ2n) is 5.25. The maximum Gasteiger partial charge on any atom is 0.324 e. The van der Waals surface area contributed by atoms with E-state index in [-0.39, 0.29) is 17.9 Å². The highest BCUT2D eigenvalue weighted by Crippen LogP contribution is 2.61. The summed E-state index contributed by atoms with van der Waals surface area (Å²) in [5.74, 6) is -0.962. The number of fused-ring (bicyclic) bond motifs is 2. The molecule has 18 heavy (non-hydrogen) atoms. The smallest absolute Gasteiger partial charge is 0.324 e. The molecule has 0 saturated heterocycles. The van der Waals surface area contributed by atoms with E-state index in [1.807, 2.05) is 6.08 Å². The maximum atomic E-state index is 12.3. The molecular weight excluding hydrogens is 232 g/mol. The van der Waals surface area contributed by atoms with Gasteiger partial charge in [-0.3, -0.25) is 9.59 Å². The van der Waals surface area contributed by atoms with Crippen LogP contribution in [0.15, 0.2) is 12.2 Å². The lowest BCUT2D eigenvalue weighted by Crippen LogP contribution is -2.45. The molecule has 4 nitrogen and oxygen atoms in total. The van der Waals surface area contributed by atoms with Gasteiger partial charge in [0, 0.05) is 5.92 Å². The predicted octanol–water partition coefficient (Wildman–Crippen LogP) is 2.09. The van der Waals surface area contributed by atoms with E-state index >= 15 is 0 Å². The molecule has 2 aliphatic carbocycles. The third-order valence-electron chi connectivity index (χ3n) is 4.47. The zero-order valence-corrected chi connectivity index (χ0v) is 11.2. The Hall–Kier alpha value is -1.32. The first-order chi connectivity index (χ1) is 8.54. The van der Waals surface area contributed by atoms with Crippen LogP contribution in [0.25, 0.3) is 0 Å². The summed E-state index contributed by atoms with van der Waals surface area (Å²) in [6, 6.07) is 0. The van der Waals surface area contributed by atoms with Crippen molar-refractivity contribution in [2.75, 3.05) is 13.7 Å². The van der Waals surface area contributed by atoms with Gasteiger partial charge in [0.15, 0.2) is 5.41 Å². The van der Waals surface area contributed by atoms with Crippen molar-refractivity contribution < 1.29 is 19.1 Å². The van der Waals surface area contributed by atoms with Gasteiger partial charge in [0.25, 0.3) is 0 Å². The topological polar surface area (TPSA) is 52.6 Å². The van der Waals surface area contributed by atoms with Crippen molar-refractivity contribution >= 4 is 11.9 Å². The van der Waals surface area contributed by atoms with E-state index in [9.17, 15) is 9.59 Å². The molecule has 0 aliphatic heterocycles. The monoisotopic (exact) mass is 252 g/mol. The summed E-state index contributed by atoms with van der Waals surface area (Å²) in [6.07, 6.45) is 6.43. The van der Waals surface area contributed by atoms with Crippen molar-refractivity contribution in [3.63, 3.8) is 0 Å². The van der Waals surface area contributed by atoms with Gasteiger partial charge in [-0.25, -0.2) is 0 Å². The van der Waals surface area contributed by atoms with Crippen LogP contribution in [-0.2, 0) is 19.1 Å². The van der Waals surface area contributed by atoms with Gasteiger partial charge in [-0.05, 0) is 31.6 Å². The van der Waals surface area contributed by atoms with Crippen LogP contribution in [0.5, 0.6) is 0 Å². The standard InChI is InChI=1S/C14H20O4/c1-4-13-7-6-10(8-13)14(9-13,11(15)17-3)12(16)18-5-2/h6-7,10H,4-5,8-9H2,1-3H3. The molecule has 2 rings (SSSR count). The highest BCUT2D eigenvalue weighted by molar-refractivity contribution is 6.01. The lowest BCUT2D eigenvalue weighted by atomic mass is 9.72. The number of hydrogen-bond acceptors (Lipinski definition) is 4. The molecule has 0 N–H and O–H groups in total. The third kappa shape index (κ3) is 1.58. The SMILES string of the molecule is CCOC(=O)C1(C(=O)OC)CC2(CC)C=CC1C2. The van der Waals surface area contributed by atoms with E-state index in [2.05, 4.69) is 13.0 Å². The third-order valence-corrected chi connectivity index (χ3v) is 4.47. The molecule has 0 amide bonds. The van der Waals surface area contributed by atoms with Gasteiger partial charge < -0.3 is 9.47 Å². The molecule has 3 unspecified atom stereocenters. The number of rotatable bonds is 4. The number of carbonyl (C=O) groups excluding carboxylic acids is 2. The van der Waals surface area contributed by atoms with Crippen LogP contribution < -0.4 is 0 Å². The number of carbonyl (C=O) groups is 2. The summed E-state index contributed by atoms with van der Waals surface area (Å²) in [4.78, 5) is 24.4. The van der Waals surface area contributed by atoms with E-state index in [0.29, 0.717) is 6.42 Å². The minimum atomic E-state index is -1.12. The number of hydrogen-bond donors (Lipinski definition) is 0. The Morgan fingerprint density at radius 2 is 2.06 bits per heavy atom. The number of methoxy groups -OCH3 is 1. The van der Waals surface area contributed by atoms with E-state index in [1.165, 1.54) is 7.11 Å². The highest BCUT2D eigenvalue weighted by Gasteiger charge is 2.65. The summed E-state index contributed by atoms with van der Waals surface area (Å²) in [5.41, 5.74) is -1.15. The summed E-state index contributed by atoms with van der Waals surface area (Å²) in [5, 5.41) is 0. The predicted molar refractivity (Wildman–Crippen MR) is 65.7 cm³/mol. The van der Waals surface area contributed by atoms with Crippen LogP contribution in [0.4, 0.5) is 0 Å². The van der Waals surface area contributed by atoms with Crippen molar-refractivity contribution in [2.45, 2.75) is 33.1 Å². The Labute approximate surface area is 107 Å². The number of allylic oxidation sites excluding steroid dienone is 2. The molecule has 2 bridgehead atoms. The molecule has 0 spiro atoms. The Morgan fingerprint density at radius 3 is 2.56 bits per heavy atom. The van der Waals surface area contributed by atoms with Crippen molar-refractivity contribution in [3.8, 4) is 0 Å². The van der Waals surface area contributed by atoms with Gasteiger partial charge in [-0.1, -0.05) is 19.1 Å². The summed E-state index contributed by atoms with van der Waals surface area (Å²) in [6.45, 7) is 4.12. The first kappa shape index (κ1) is 13.1. The molecule has 1 saturated carbocycles. The van der Waals surface area contributed by atoms with Crippen LogP contribution in [0.3, 0.4) is 0 Å². The molecule has 0 heterocycles. The largest absolute Gasteiger partial charge is 0.468 e. The molecule has 3 atom stereocenters. The number of ether oxygens (including phenoxy) is 2. The normalized spacial score (nSPS) is 36.7. The Bertz CT molecular complexity index is 401. The minimum Gasteiger partial charge on any atom is -0.468 e. The first-order valence-electron chi connectivity index (χ1n) is 6.49. The van der Waals surface area contributed by atoms with Gasteiger partial charge >= 0.3 is 11.9 Å². The Morgan fingerprint density at radius 1 is 1.33 bits per heavy atom. The van der Waals surface area contributed by atoms with E-state index in [1.54, 1.807) is 6.92 Å². The second-order valence-corrected chi connectivity index (χ2v) is 5.25. The van der Waals surface area contributed by atoms with Crippen molar-refractivity contribution in [1.29, 1.82) is 0 Å². The Balaban J connectivity index is 2.38. The van der Waals surface area contributed by atoms with Crippen LogP contribution in [0.2, 0.25) is 0 Å². The van der Waals surface area contributed by atoms with Gasteiger partial charge in [0.05, 0.1) is 13.7 Å². The minimum absolute atomic E-state index is 0.0361. The van der Waals surface area contributed by atoms with Crippen molar-refractivity contribution in [2.24, 2.45) is 16.7 Å². The van der Waals surface area contributed by atoms with E-state index in [4.69, 9.17) is 9.47 Å². The summed E-state index contributed by atoms with van der Waals surface area (Å²) in [7, 11) is 1.33. The zero-order valence-electron chi connectivity index (χ0n) is 11.2. The molecule has 0 radical (unpaired) electrons. The molecule has 100 valence electrons. The maximum absolute atomic E-state index is 12.3. The van der Waals surface area contributed by atoms with E-state index in [0.717, 1.165) is 12.8 Å². The Kier molecular flexibility index (Phi) is 3.21. The fraction of sp³-hybridized carbons (Fsp3) is 0.714. The molecule has 1 fully saturated rings. The molecule has 2 aliphatic rings. The average Bonchev–Trinajstić information content (AvgIpc) is 2.95. The first-order valence-corrected chi connectivity index (χ1v) is 6.49. The highest BCUT2D eigenvalue weighted by atomic mass is 16.6. The van der Waals surface area contributed by atoms with Crippen LogP contribution in [0.1, 0.15) is 33.1 Å². The van der Waals surface area contributed by atoms with Gasteiger partial charge in [-0.15, -0.1) is 0 Å². The fourth-order valence-electron chi connectivity index (χ4n) is 3.41. The fourth-order valence-corrected chi connectivity index (χ4v) is 3.41. The molecule has 4 heteroatoms. The lowest BCUT2D eigenvalue weighted by molar-refractivity contribution is -0.173. The van der Waals surface area contributed by atoms with Gasteiger partial charge in [0.1, 0.15) is 0 Å². The van der Waals surface area contributed by atoms with Crippen molar-refractivity contribution in [3.05, 3.63) is 12.2 Å². The lowest BCUT2D eigenvalue weighted by Gasteiger charge is -2.32. The quantitative estimate of drug-likeness (QED) is 0.437. The second kappa shape index (κ2) is 4.41. The number of esters is 2. The van der Waals surface area contributed by atoms with Gasteiger partial charge in [0.2, 0.25) is 0 Å². The van der Waals surface area contributed by atoms with Gasteiger partial charge in [-0.2, -0.15) is 0 Å². The summed E-state index contributed by atoms with van der Waals surface area (Å²) < 4.78 is 9.99. The van der Waals surface area contributed by atoms with Crippen LogP contribution >= 0.6 is 0 Å². The molecular formula is C14H20O4. The van der Waals surface area contributed by atoms with Crippen molar-refractivity contribution in [1.82, 2.24) is 0 Å². The van der Waals surface area contributed by atoms with Crippen LogP contribution in [0, 0.1) is 16.7 Å². The molecule has 0 aromatic heterocycles. The van der Waals surface area contributed by atoms with Crippen LogP contribution in [-0.4, -0.2) is 25.7 Å². The average molecular weight is 252 g/mol. The molecule has 0 aromatic carbocycles.